The molecule has 6 nitrogen and oxygen atoms in total. The van der Waals surface area contributed by atoms with Crippen LogP contribution in [0.15, 0.2) is 65.2 Å². The first-order chi connectivity index (χ1) is 15.4. The van der Waals surface area contributed by atoms with Gasteiger partial charge in [-0.15, -0.1) is 0 Å². The van der Waals surface area contributed by atoms with Crippen LogP contribution in [0.3, 0.4) is 0 Å². The summed E-state index contributed by atoms with van der Waals surface area (Å²) in [6, 6.07) is 16.5. The average molecular weight is 470 g/mol. The molecule has 32 heavy (non-hydrogen) atoms. The van der Waals surface area contributed by atoms with E-state index in [0.717, 1.165) is 22.4 Å². The highest BCUT2D eigenvalue weighted by Crippen LogP contribution is 2.23. The van der Waals surface area contributed by atoms with Crippen LogP contribution in [-0.2, 0) is 13.2 Å². The van der Waals surface area contributed by atoms with Gasteiger partial charge in [0.2, 0.25) is 0 Å². The zero-order chi connectivity index (χ0) is 22.7. The number of carbonyl (C=O) groups excluding carboxylic acids is 1. The van der Waals surface area contributed by atoms with Gasteiger partial charge in [-0.25, -0.2) is 0 Å². The molecule has 0 fully saturated rings. The fourth-order valence-corrected chi connectivity index (χ4v) is 3.43. The second-order valence-electron chi connectivity index (χ2n) is 7.42. The van der Waals surface area contributed by atoms with E-state index >= 15 is 0 Å². The van der Waals surface area contributed by atoms with Crippen molar-refractivity contribution in [2.24, 2.45) is 0 Å². The molecule has 164 valence electrons. The maximum absolute atomic E-state index is 12.5. The number of furan rings is 1. The van der Waals surface area contributed by atoms with E-state index in [1.165, 1.54) is 0 Å². The predicted molar refractivity (Wildman–Crippen MR) is 125 cm³/mol. The van der Waals surface area contributed by atoms with Crippen molar-refractivity contribution in [3.8, 4) is 5.75 Å². The van der Waals surface area contributed by atoms with Gasteiger partial charge < -0.3 is 14.5 Å². The van der Waals surface area contributed by atoms with Crippen molar-refractivity contribution < 1.29 is 13.9 Å². The molecule has 0 spiro atoms. The molecule has 0 atom stereocenters. The molecule has 0 aliphatic heterocycles. The highest BCUT2D eigenvalue weighted by Gasteiger charge is 2.14. The number of hydrogen-bond donors (Lipinski definition) is 1. The fraction of sp³-hybridized carbons (Fsp3) is 0.167. The highest BCUT2D eigenvalue weighted by atomic mass is 35.5. The van der Waals surface area contributed by atoms with Gasteiger partial charge in [0, 0.05) is 12.3 Å². The van der Waals surface area contributed by atoms with Crippen LogP contribution in [0, 0.1) is 13.8 Å². The molecular weight excluding hydrogens is 449 g/mol. The molecule has 8 heteroatoms. The second kappa shape index (κ2) is 9.51. The first-order valence-corrected chi connectivity index (χ1v) is 10.7. The molecule has 0 saturated carbocycles. The summed E-state index contributed by atoms with van der Waals surface area (Å²) in [4.78, 5) is 12.5. The molecule has 0 unspecified atom stereocenters. The van der Waals surface area contributed by atoms with Gasteiger partial charge >= 0.3 is 0 Å². The number of benzene rings is 2. The lowest BCUT2D eigenvalue weighted by atomic mass is 10.1. The third-order valence-corrected chi connectivity index (χ3v) is 5.55. The van der Waals surface area contributed by atoms with E-state index in [2.05, 4.69) is 10.4 Å². The molecule has 2 aromatic carbocycles. The fourth-order valence-electron chi connectivity index (χ4n) is 3.11. The molecule has 4 rings (SSSR count). The van der Waals surface area contributed by atoms with Gasteiger partial charge in [-0.05, 0) is 60.9 Å². The summed E-state index contributed by atoms with van der Waals surface area (Å²) in [6.45, 7) is 4.72. The van der Waals surface area contributed by atoms with Crippen LogP contribution < -0.4 is 10.1 Å². The monoisotopic (exact) mass is 469 g/mol. The minimum Gasteiger partial charge on any atom is -0.485 e. The Balaban J connectivity index is 1.35. The van der Waals surface area contributed by atoms with Gasteiger partial charge in [-0.1, -0.05) is 41.4 Å². The first-order valence-electron chi connectivity index (χ1n) is 9.95. The second-order valence-corrected chi connectivity index (χ2v) is 8.24. The lowest BCUT2D eigenvalue weighted by molar-refractivity contribution is 0.0992. The number of carbonyl (C=O) groups is 1. The van der Waals surface area contributed by atoms with Crippen LogP contribution >= 0.6 is 23.2 Å². The molecule has 1 amide bonds. The number of rotatable bonds is 7. The third-order valence-electron chi connectivity index (χ3n) is 4.81. The van der Waals surface area contributed by atoms with Gasteiger partial charge in [0.25, 0.3) is 5.91 Å². The average Bonchev–Trinajstić information content (AvgIpc) is 3.41. The molecule has 1 N–H and O–H groups in total. The number of nitrogens with one attached hydrogen (secondary N) is 1. The van der Waals surface area contributed by atoms with E-state index in [9.17, 15) is 4.79 Å². The minimum absolute atomic E-state index is 0.184. The van der Waals surface area contributed by atoms with Gasteiger partial charge in [-0.2, -0.15) is 5.10 Å². The first kappa shape index (κ1) is 22.0. The van der Waals surface area contributed by atoms with Crippen molar-refractivity contribution in [1.29, 1.82) is 0 Å². The van der Waals surface area contributed by atoms with E-state index in [4.69, 9.17) is 32.4 Å². The van der Waals surface area contributed by atoms with Crippen LogP contribution in [0.1, 0.15) is 33.0 Å². The van der Waals surface area contributed by atoms with Crippen molar-refractivity contribution in [3.63, 3.8) is 0 Å². The van der Waals surface area contributed by atoms with Crippen molar-refractivity contribution in [3.05, 3.63) is 99.1 Å². The van der Waals surface area contributed by atoms with Crippen LogP contribution in [0.5, 0.6) is 5.75 Å². The predicted octanol–water partition coefficient (Wildman–Crippen LogP) is 6.28. The number of hydrogen-bond acceptors (Lipinski definition) is 4. The van der Waals surface area contributed by atoms with Gasteiger partial charge in [0.15, 0.2) is 11.6 Å². The molecule has 2 heterocycles. The topological polar surface area (TPSA) is 69.3 Å². The standard InChI is InChI=1S/C24H21Cl2N3O3/c1-15-3-4-16(2)22(11-15)31-14-18-6-8-21(32-18)24(30)27-23-9-10-29(28-23)13-17-5-7-19(25)20(26)12-17/h3-12H,13-14H2,1-2H3,(H,27,28,30). The Bertz CT molecular complexity index is 1260. The normalized spacial score (nSPS) is 10.9. The van der Waals surface area contributed by atoms with E-state index in [1.807, 2.05) is 38.1 Å². The van der Waals surface area contributed by atoms with Crippen LogP contribution in [-0.4, -0.2) is 15.7 Å². The van der Waals surface area contributed by atoms with Crippen LogP contribution in [0.2, 0.25) is 10.0 Å². The minimum atomic E-state index is -0.386. The zero-order valence-corrected chi connectivity index (χ0v) is 19.1. The summed E-state index contributed by atoms with van der Waals surface area (Å²) in [5, 5.41) is 8.09. The maximum Gasteiger partial charge on any atom is 0.292 e. The summed E-state index contributed by atoms with van der Waals surface area (Å²) in [5.74, 6) is 1.56. The molecule has 4 aromatic rings. The largest absolute Gasteiger partial charge is 0.485 e. The molecule has 0 radical (unpaired) electrons. The van der Waals surface area contributed by atoms with Crippen molar-refractivity contribution in [1.82, 2.24) is 9.78 Å². The van der Waals surface area contributed by atoms with Crippen LogP contribution in [0.25, 0.3) is 0 Å². The zero-order valence-electron chi connectivity index (χ0n) is 17.6. The van der Waals surface area contributed by atoms with Gasteiger partial charge in [-0.3, -0.25) is 9.48 Å². The van der Waals surface area contributed by atoms with Crippen molar-refractivity contribution >= 4 is 34.9 Å². The molecule has 0 saturated heterocycles. The Morgan fingerprint density at radius 2 is 1.91 bits per heavy atom. The quantitative estimate of drug-likeness (QED) is 0.345. The number of aryl methyl sites for hydroxylation is 2. The van der Waals surface area contributed by atoms with E-state index in [-0.39, 0.29) is 18.3 Å². The Labute approximate surface area is 195 Å². The third kappa shape index (κ3) is 5.33. The summed E-state index contributed by atoms with van der Waals surface area (Å²) in [5.41, 5.74) is 3.10. The van der Waals surface area contributed by atoms with Gasteiger partial charge in [0.1, 0.15) is 18.1 Å². The number of halogens is 2. The molecule has 2 aromatic heterocycles. The van der Waals surface area contributed by atoms with Crippen LogP contribution in [0.4, 0.5) is 5.82 Å². The lowest BCUT2D eigenvalue weighted by Gasteiger charge is -2.08. The smallest absolute Gasteiger partial charge is 0.292 e. The number of aromatic nitrogens is 2. The highest BCUT2D eigenvalue weighted by molar-refractivity contribution is 6.42. The summed E-state index contributed by atoms with van der Waals surface area (Å²) in [7, 11) is 0. The van der Waals surface area contributed by atoms with E-state index in [1.54, 1.807) is 41.2 Å². The molecule has 0 bridgehead atoms. The summed E-state index contributed by atoms with van der Waals surface area (Å²) in [6.07, 6.45) is 1.77. The maximum atomic E-state index is 12.5. The molecule has 0 aliphatic carbocycles. The molecule has 0 aliphatic rings. The number of nitrogens with zero attached hydrogens (tertiary/aromatic N) is 2. The SMILES string of the molecule is Cc1ccc(C)c(OCc2ccc(C(=O)Nc3ccn(Cc4ccc(Cl)c(Cl)c4)n3)o2)c1. The van der Waals surface area contributed by atoms with Crippen molar-refractivity contribution in [2.75, 3.05) is 5.32 Å². The lowest BCUT2D eigenvalue weighted by Crippen LogP contribution is -2.12. The Hall–Kier alpha value is -3.22. The number of amides is 1. The Morgan fingerprint density at radius 1 is 1.06 bits per heavy atom. The van der Waals surface area contributed by atoms with Gasteiger partial charge in [0.05, 0.1) is 16.6 Å². The summed E-state index contributed by atoms with van der Waals surface area (Å²) < 4.78 is 13.2. The Morgan fingerprint density at radius 3 is 2.72 bits per heavy atom. The number of ether oxygens (including phenoxy) is 1. The van der Waals surface area contributed by atoms with E-state index in [0.29, 0.717) is 28.2 Å². The van der Waals surface area contributed by atoms with E-state index < -0.39 is 0 Å². The van der Waals surface area contributed by atoms with Crippen molar-refractivity contribution in [2.45, 2.75) is 27.0 Å². The molecular formula is C24H21Cl2N3O3. The number of anilines is 1. The summed E-state index contributed by atoms with van der Waals surface area (Å²) >= 11 is 12.0. The Kier molecular flexibility index (Phi) is 6.53.